The molecule has 0 saturated heterocycles. The summed E-state index contributed by atoms with van der Waals surface area (Å²) in [5.74, 6) is 0.0173. The Balaban J connectivity index is 1.75. The van der Waals surface area contributed by atoms with E-state index in [2.05, 4.69) is 15.0 Å². The van der Waals surface area contributed by atoms with E-state index in [0.29, 0.717) is 4.88 Å². The number of alkyl halides is 2. The van der Waals surface area contributed by atoms with E-state index in [1.165, 1.54) is 17.4 Å². The third kappa shape index (κ3) is 3.72. The van der Waals surface area contributed by atoms with Crippen molar-refractivity contribution in [3.05, 3.63) is 45.4 Å². The van der Waals surface area contributed by atoms with E-state index in [9.17, 15) is 13.6 Å². The van der Waals surface area contributed by atoms with E-state index in [1.807, 2.05) is 6.92 Å². The van der Waals surface area contributed by atoms with Gasteiger partial charge >= 0.3 is 6.61 Å². The van der Waals surface area contributed by atoms with Crippen molar-refractivity contribution in [2.24, 2.45) is 0 Å². The first-order valence-corrected chi connectivity index (χ1v) is 8.71. The number of thiazole rings is 1. The molecular formula is C17H18F2N2O2S. The molecule has 0 spiro atoms. The van der Waals surface area contributed by atoms with Gasteiger partial charge in [0.1, 0.15) is 10.6 Å². The standard InChI is InChI=1S/C17H18F2N2O2S/c1-2-15-20-9-14(24-15)16(22)21-13-5-3-4-10-8-11(23-17(18)19)6-7-12(10)13/h6-9,13,17H,2-5H2,1H3,(H,21,22). The Hall–Kier alpha value is -2.02. The maximum Gasteiger partial charge on any atom is 0.387 e. The van der Waals surface area contributed by atoms with Gasteiger partial charge in [0.2, 0.25) is 0 Å². The summed E-state index contributed by atoms with van der Waals surface area (Å²) in [5.41, 5.74) is 1.92. The predicted molar refractivity (Wildman–Crippen MR) is 87.7 cm³/mol. The van der Waals surface area contributed by atoms with Crippen LogP contribution in [0.4, 0.5) is 8.78 Å². The molecule has 1 aromatic carbocycles. The Bertz CT molecular complexity index is 733. The number of ether oxygens (including phenoxy) is 1. The average molecular weight is 352 g/mol. The lowest BCUT2D eigenvalue weighted by Crippen LogP contribution is -2.30. The Labute approximate surface area is 142 Å². The van der Waals surface area contributed by atoms with Crippen LogP contribution in [0.25, 0.3) is 0 Å². The summed E-state index contributed by atoms with van der Waals surface area (Å²) in [5, 5.41) is 3.96. The molecule has 1 aliphatic rings. The number of carbonyl (C=O) groups is 1. The molecule has 0 aliphatic heterocycles. The molecule has 1 amide bonds. The minimum atomic E-state index is -2.83. The van der Waals surface area contributed by atoms with Crippen LogP contribution >= 0.6 is 11.3 Å². The van der Waals surface area contributed by atoms with E-state index in [-0.39, 0.29) is 17.7 Å². The Kier molecular flexibility index (Phi) is 5.08. The highest BCUT2D eigenvalue weighted by Crippen LogP contribution is 2.33. The molecule has 1 unspecified atom stereocenters. The van der Waals surface area contributed by atoms with Gasteiger partial charge in [-0.25, -0.2) is 4.98 Å². The van der Waals surface area contributed by atoms with Crippen LogP contribution in [0.2, 0.25) is 0 Å². The van der Waals surface area contributed by atoms with Crippen LogP contribution in [0.3, 0.4) is 0 Å². The number of carbonyl (C=O) groups excluding carboxylic acids is 1. The van der Waals surface area contributed by atoms with Crippen LogP contribution in [0, 0.1) is 0 Å². The summed E-state index contributed by atoms with van der Waals surface area (Å²) in [6, 6.07) is 4.81. The first-order chi connectivity index (χ1) is 11.6. The van der Waals surface area contributed by atoms with Gasteiger partial charge in [0.05, 0.1) is 17.2 Å². The van der Waals surface area contributed by atoms with Gasteiger partial charge in [-0.15, -0.1) is 11.3 Å². The molecule has 1 heterocycles. The normalized spacial score (nSPS) is 16.8. The fourth-order valence-electron chi connectivity index (χ4n) is 2.92. The molecule has 1 atom stereocenters. The maximum absolute atomic E-state index is 12.4. The van der Waals surface area contributed by atoms with Gasteiger partial charge in [0, 0.05) is 0 Å². The second kappa shape index (κ2) is 7.25. The fourth-order valence-corrected chi connectivity index (χ4v) is 3.69. The smallest absolute Gasteiger partial charge is 0.387 e. The fraction of sp³-hybridized carbons (Fsp3) is 0.412. The van der Waals surface area contributed by atoms with Crippen LogP contribution in [0.15, 0.2) is 24.4 Å². The van der Waals surface area contributed by atoms with Crippen LogP contribution < -0.4 is 10.1 Å². The number of halogens is 2. The van der Waals surface area contributed by atoms with Gasteiger partial charge in [-0.3, -0.25) is 4.79 Å². The zero-order valence-corrected chi connectivity index (χ0v) is 14.0. The summed E-state index contributed by atoms with van der Waals surface area (Å²) in [4.78, 5) is 17.2. The van der Waals surface area contributed by atoms with Gasteiger partial charge in [0.15, 0.2) is 0 Å². The second-order valence-corrected chi connectivity index (χ2v) is 6.74. The third-order valence-corrected chi connectivity index (χ3v) is 5.18. The molecule has 2 aromatic rings. The highest BCUT2D eigenvalue weighted by Gasteiger charge is 2.24. The molecule has 0 saturated carbocycles. The Morgan fingerprint density at radius 2 is 2.33 bits per heavy atom. The lowest BCUT2D eigenvalue weighted by molar-refractivity contribution is -0.0499. The molecule has 3 rings (SSSR count). The summed E-state index contributed by atoms with van der Waals surface area (Å²) in [6.07, 6.45) is 4.91. The number of rotatable bonds is 5. The van der Waals surface area contributed by atoms with Crippen LogP contribution in [-0.4, -0.2) is 17.5 Å². The number of aryl methyl sites for hydroxylation is 2. The Morgan fingerprint density at radius 3 is 3.04 bits per heavy atom. The number of amides is 1. The van der Waals surface area contributed by atoms with Crippen molar-refractivity contribution in [3.8, 4) is 5.75 Å². The number of nitrogens with zero attached hydrogens (tertiary/aromatic N) is 1. The SMILES string of the molecule is CCc1ncc(C(=O)NC2CCCc3cc(OC(F)F)ccc32)s1. The van der Waals surface area contributed by atoms with E-state index in [0.717, 1.165) is 41.8 Å². The number of nitrogens with one attached hydrogen (secondary N) is 1. The average Bonchev–Trinajstić information content (AvgIpc) is 3.03. The van der Waals surface area contributed by atoms with E-state index in [4.69, 9.17) is 0 Å². The van der Waals surface area contributed by atoms with E-state index < -0.39 is 6.61 Å². The summed E-state index contributed by atoms with van der Waals surface area (Å²) in [6.45, 7) is -0.835. The number of aromatic nitrogens is 1. The zero-order chi connectivity index (χ0) is 17.1. The molecule has 0 fully saturated rings. The van der Waals surface area contributed by atoms with Crippen molar-refractivity contribution in [2.45, 2.75) is 45.3 Å². The first kappa shape index (κ1) is 16.8. The minimum absolute atomic E-state index is 0.117. The van der Waals surface area contributed by atoms with E-state index in [1.54, 1.807) is 18.3 Å². The first-order valence-electron chi connectivity index (χ1n) is 7.90. The van der Waals surface area contributed by atoms with Crippen molar-refractivity contribution >= 4 is 17.2 Å². The van der Waals surface area contributed by atoms with Crippen LogP contribution in [0.5, 0.6) is 5.75 Å². The zero-order valence-electron chi connectivity index (χ0n) is 13.2. The third-order valence-electron chi connectivity index (χ3n) is 4.04. The van der Waals surface area contributed by atoms with Crippen molar-refractivity contribution in [1.82, 2.24) is 10.3 Å². The largest absolute Gasteiger partial charge is 0.435 e. The van der Waals surface area contributed by atoms with Gasteiger partial charge in [-0.05, 0) is 48.9 Å². The number of fused-ring (bicyclic) bond motifs is 1. The number of hydrogen-bond acceptors (Lipinski definition) is 4. The molecule has 0 bridgehead atoms. The lowest BCUT2D eigenvalue weighted by atomic mass is 9.87. The minimum Gasteiger partial charge on any atom is -0.435 e. The van der Waals surface area contributed by atoms with Crippen molar-refractivity contribution in [3.63, 3.8) is 0 Å². The highest BCUT2D eigenvalue weighted by molar-refractivity contribution is 7.13. The molecule has 4 nitrogen and oxygen atoms in total. The summed E-state index contributed by atoms with van der Waals surface area (Å²) < 4.78 is 29.1. The molecule has 7 heteroatoms. The van der Waals surface area contributed by atoms with Crippen LogP contribution in [0.1, 0.15) is 51.6 Å². The van der Waals surface area contributed by atoms with Gasteiger partial charge < -0.3 is 10.1 Å². The molecule has 1 aromatic heterocycles. The summed E-state index contributed by atoms with van der Waals surface area (Å²) >= 11 is 1.39. The monoisotopic (exact) mass is 352 g/mol. The lowest BCUT2D eigenvalue weighted by Gasteiger charge is -2.26. The highest BCUT2D eigenvalue weighted by atomic mass is 32.1. The van der Waals surface area contributed by atoms with E-state index >= 15 is 0 Å². The molecular weight excluding hydrogens is 334 g/mol. The van der Waals surface area contributed by atoms with Crippen LogP contribution in [-0.2, 0) is 12.8 Å². The molecule has 1 aliphatic carbocycles. The van der Waals surface area contributed by atoms with Gasteiger partial charge in [-0.1, -0.05) is 13.0 Å². The maximum atomic E-state index is 12.4. The molecule has 128 valence electrons. The molecule has 0 radical (unpaired) electrons. The second-order valence-electron chi connectivity index (χ2n) is 5.63. The van der Waals surface area contributed by atoms with Gasteiger partial charge in [-0.2, -0.15) is 8.78 Å². The predicted octanol–water partition coefficient (Wildman–Crippen LogP) is 4.11. The van der Waals surface area contributed by atoms with Crippen molar-refractivity contribution in [2.75, 3.05) is 0 Å². The summed E-state index contributed by atoms with van der Waals surface area (Å²) in [7, 11) is 0. The molecule has 1 N–H and O–H groups in total. The van der Waals surface area contributed by atoms with Crippen molar-refractivity contribution in [1.29, 1.82) is 0 Å². The number of hydrogen-bond donors (Lipinski definition) is 1. The van der Waals surface area contributed by atoms with Crippen molar-refractivity contribution < 1.29 is 18.3 Å². The van der Waals surface area contributed by atoms with Gasteiger partial charge in [0.25, 0.3) is 5.91 Å². The topological polar surface area (TPSA) is 51.2 Å². The number of benzene rings is 1. The quantitative estimate of drug-likeness (QED) is 0.881. The molecule has 24 heavy (non-hydrogen) atoms. The Morgan fingerprint density at radius 1 is 1.50 bits per heavy atom.